The van der Waals surface area contributed by atoms with Gasteiger partial charge in [-0.05, 0) is 13.0 Å². The van der Waals surface area contributed by atoms with Crippen LogP contribution in [-0.4, -0.2) is 74.7 Å². The van der Waals surface area contributed by atoms with E-state index in [9.17, 15) is 4.79 Å². The molecular formula is C18H23N7O2. The second kappa shape index (κ2) is 7.45. The molecule has 0 aromatic carbocycles. The standard InChI is InChI=1S/C18H23N7O2/c1-13-11-15(27)25-16(14-3-2-4-19-12-14)21-17(22-18(25)20-13)24-7-5-23(6-8-24)9-10-26/h2-4,11-12,16,26H,5-10H2,1H3,(H,20,21,22). The van der Waals surface area contributed by atoms with Gasteiger partial charge in [0, 0.05) is 62.4 Å². The van der Waals surface area contributed by atoms with Crippen LogP contribution in [0.1, 0.15) is 17.4 Å². The van der Waals surface area contributed by atoms with Crippen molar-refractivity contribution in [1.29, 1.82) is 0 Å². The molecule has 0 saturated carbocycles. The maximum atomic E-state index is 12.6. The zero-order chi connectivity index (χ0) is 18.8. The predicted molar refractivity (Wildman–Crippen MR) is 102 cm³/mol. The molecule has 0 spiro atoms. The van der Waals surface area contributed by atoms with E-state index >= 15 is 0 Å². The van der Waals surface area contributed by atoms with Crippen LogP contribution in [0.15, 0.2) is 40.4 Å². The number of pyridine rings is 1. The fraction of sp³-hybridized carbons (Fsp3) is 0.444. The maximum Gasteiger partial charge on any atom is 0.257 e. The molecule has 0 aliphatic carbocycles. The molecule has 142 valence electrons. The Hall–Kier alpha value is -2.78. The zero-order valence-electron chi connectivity index (χ0n) is 15.2. The van der Waals surface area contributed by atoms with E-state index in [0.717, 1.165) is 31.7 Å². The minimum Gasteiger partial charge on any atom is -0.395 e. The zero-order valence-corrected chi connectivity index (χ0v) is 15.2. The van der Waals surface area contributed by atoms with Gasteiger partial charge >= 0.3 is 0 Å². The largest absolute Gasteiger partial charge is 0.395 e. The lowest BCUT2D eigenvalue weighted by atomic mass is 10.2. The summed E-state index contributed by atoms with van der Waals surface area (Å²) in [6.45, 7) is 5.96. The number of anilines is 1. The third-order valence-electron chi connectivity index (χ3n) is 4.86. The van der Waals surface area contributed by atoms with Gasteiger partial charge in [0.25, 0.3) is 5.56 Å². The Morgan fingerprint density at radius 1 is 1.30 bits per heavy atom. The summed E-state index contributed by atoms with van der Waals surface area (Å²) >= 11 is 0. The number of nitrogens with zero attached hydrogens (tertiary/aromatic N) is 6. The van der Waals surface area contributed by atoms with Crippen molar-refractivity contribution in [3.8, 4) is 0 Å². The van der Waals surface area contributed by atoms with Gasteiger partial charge in [-0.15, -0.1) is 0 Å². The molecule has 0 bridgehead atoms. The normalized spacial score (nSPS) is 20.0. The second-order valence-electron chi connectivity index (χ2n) is 6.72. The van der Waals surface area contributed by atoms with Gasteiger partial charge in [0.15, 0.2) is 6.17 Å². The van der Waals surface area contributed by atoms with E-state index in [1.807, 2.05) is 19.1 Å². The predicted octanol–water partition coefficient (Wildman–Crippen LogP) is -0.115. The minimum atomic E-state index is -0.499. The number of hydrogen-bond donors (Lipinski definition) is 2. The number of piperazine rings is 1. The smallest absolute Gasteiger partial charge is 0.257 e. The first-order valence-electron chi connectivity index (χ1n) is 9.09. The van der Waals surface area contributed by atoms with Crippen LogP contribution in [0, 0.1) is 6.92 Å². The van der Waals surface area contributed by atoms with E-state index in [0.29, 0.717) is 24.1 Å². The van der Waals surface area contributed by atoms with E-state index in [2.05, 4.69) is 25.1 Å². The first kappa shape index (κ1) is 17.6. The molecule has 0 radical (unpaired) electrons. The summed E-state index contributed by atoms with van der Waals surface area (Å²) in [4.78, 5) is 30.5. The van der Waals surface area contributed by atoms with Crippen molar-refractivity contribution in [3.63, 3.8) is 0 Å². The monoisotopic (exact) mass is 369 g/mol. The Bertz CT molecular complexity index is 888. The number of aromatic nitrogens is 3. The Morgan fingerprint density at radius 3 is 2.81 bits per heavy atom. The highest BCUT2D eigenvalue weighted by atomic mass is 16.3. The van der Waals surface area contributed by atoms with Crippen LogP contribution in [-0.2, 0) is 0 Å². The number of hydrogen-bond acceptors (Lipinski definition) is 8. The average molecular weight is 369 g/mol. The van der Waals surface area contributed by atoms with Crippen LogP contribution in [0.5, 0.6) is 0 Å². The van der Waals surface area contributed by atoms with Crippen molar-refractivity contribution in [2.75, 3.05) is 44.6 Å². The first-order valence-corrected chi connectivity index (χ1v) is 9.09. The molecule has 2 aliphatic heterocycles. The van der Waals surface area contributed by atoms with Crippen molar-refractivity contribution in [1.82, 2.24) is 24.3 Å². The molecule has 4 heterocycles. The van der Waals surface area contributed by atoms with Gasteiger partial charge in [-0.1, -0.05) is 6.07 Å². The number of aliphatic hydroxyl groups excluding tert-OH is 1. The fourth-order valence-corrected chi connectivity index (χ4v) is 3.47. The van der Waals surface area contributed by atoms with Crippen LogP contribution < -0.4 is 10.9 Å². The molecule has 1 atom stereocenters. The van der Waals surface area contributed by atoms with Gasteiger partial charge < -0.3 is 10.0 Å². The number of aliphatic imine (C=N–C) groups is 1. The van der Waals surface area contributed by atoms with E-state index < -0.39 is 6.17 Å². The van der Waals surface area contributed by atoms with Crippen molar-refractivity contribution in [2.45, 2.75) is 13.1 Å². The van der Waals surface area contributed by atoms with Crippen LogP contribution in [0.3, 0.4) is 0 Å². The van der Waals surface area contributed by atoms with Gasteiger partial charge in [0.05, 0.1) is 6.61 Å². The van der Waals surface area contributed by atoms with Gasteiger partial charge in [-0.25, -0.2) is 9.98 Å². The topological polar surface area (TPSA) is 98.9 Å². The number of nitrogens with one attached hydrogen (secondary N) is 1. The van der Waals surface area contributed by atoms with E-state index in [4.69, 9.17) is 10.1 Å². The lowest BCUT2D eigenvalue weighted by molar-refractivity contribution is 0.146. The fourth-order valence-electron chi connectivity index (χ4n) is 3.47. The molecule has 1 fully saturated rings. The van der Waals surface area contributed by atoms with Crippen molar-refractivity contribution < 1.29 is 5.11 Å². The molecular weight excluding hydrogens is 346 g/mol. The summed E-state index contributed by atoms with van der Waals surface area (Å²) in [5, 5.41) is 12.4. The summed E-state index contributed by atoms with van der Waals surface area (Å²) < 4.78 is 1.57. The van der Waals surface area contributed by atoms with Crippen LogP contribution in [0.2, 0.25) is 0 Å². The molecule has 27 heavy (non-hydrogen) atoms. The van der Waals surface area contributed by atoms with Crippen molar-refractivity contribution >= 4 is 11.9 Å². The first-order chi connectivity index (χ1) is 13.2. The molecule has 2 N–H and O–H groups in total. The minimum absolute atomic E-state index is 0.144. The summed E-state index contributed by atoms with van der Waals surface area (Å²) in [5.41, 5.74) is 1.36. The number of aliphatic hydroxyl groups is 1. The lowest BCUT2D eigenvalue weighted by Gasteiger charge is -2.38. The third-order valence-corrected chi connectivity index (χ3v) is 4.86. The molecule has 2 aromatic rings. The molecule has 9 heteroatoms. The van der Waals surface area contributed by atoms with E-state index in [1.54, 1.807) is 17.0 Å². The molecule has 1 saturated heterocycles. The Labute approximate surface area is 157 Å². The van der Waals surface area contributed by atoms with Gasteiger partial charge in [-0.2, -0.15) is 0 Å². The molecule has 2 aromatic heterocycles. The number of β-amino-alcohol motifs (C(OH)–C–C–N with tert-alkyl or cyclic N) is 1. The summed E-state index contributed by atoms with van der Waals surface area (Å²) in [6.07, 6.45) is 2.93. The number of aryl methyl sites for hydroxylation is 1. The van der Waals surface area contributed by atoms with Gasteiger partial charge in [0.1, 0.15) is 0 Å². The van der Waals surface area contributed by atoms with Crippen LogP contribution >= 0.6 is 0 Å². The molecule has 9 nitrogen and oxygen atoms in total. The number of rotatable bonds is 3. The third kappa shape index (κ3) is 3.56. The number of guanidine groups is 1. The maximum absolute atomic E-state index is 12.6. The average Bonchev–Trinajstić information content (AvgIpc) is 2.68. The molecule has 0 amide bonds. The second-order valence-corrected chi connectivity index (χ2v) is 6.72. The van der Waals surface area contributed by atoms with Crippen LogP contribution in [0.25, 0.3) is 0 Å². The van der Waals surface area contributed by atoms with Crippen LogP contribution in [0.4, 0.5) is 5.95 Å². The Kier molecular flexibility index (Phi) is 4.87. The summed E-state index contributed by atoms with van der Waals surface area (Å²) in [5.74, 6) is 1.21. The van der Waals surface area contributed by atoms with Gasteiger partial charge in [0.2, 0.25) is 11.9 Å². The molecule has 4 rings (SSSR count). The van der Waals surface area contributed by atoms with E-state index in [1.165, 1.54) is 6.07 Å². The number of fused-ring (bicyclic) bond motifs is 1. The summed E-state index contributed by atoms with van der Waals surface area (Å²) in [7, 11) is 0. The lowest BCUT2D eigenvalue weighted by Crippen LogP contribution is -2.52. The highest BCUT2D eigenvalue weighted by molar-refractivity contribution is 5.93. The van der Waals surface area contributed by atoms with Crippen molar-refractivity contribution in [3.05, 3.63) is 52.2 Å². The molecule has 1 unspecified atom stereocenters. The molecule has 2 aliphatic rings. The summed E-state index contributed by atoms with van der Waals surface area (Å²) in [6, 6.07) is 5.27. The highest BCUT2D eigenvalue weighted by Crippen LogP contribution is 2.25. The van der Waals surface area contributed by atoms with E-state index in [-0.39, 0.29) is 12.2 Å². The Balaban J connectivity index is 1.68. The Morgan fingerprint density at radius 2 is 2.11 bits per heavy atom. The quantitative estimate of drug-likeness (QED) is 0.778. The SMILES string of the molecule is Cc1cc(=O)n2c(n1)NC(N1CCN(CCO)CC1)=NC2c1cccnc1. The van der Waals surface area contributed by atoms with Gasteiger partial charge in [-0.3, -0.25) is 24.6 Å². The van der Waals surface area contributed by atoms with Crippen molar-refractivity contribution in [2.24, 2.45) is 4.99 Å². The highest BCUT2D eigenvalue weighted by Gasteiger charge is 2.29.